The fraction of sp³-hybridized carbons (Fsp3) is 0.200. The summed E-state index contributed by atoms with van der Waals surface area (Å²) >= 11 is 5.98. The lowest BCUT2D eigenvalue weighted by atomic mass is 9.94. The molecule has 0 spiro atoms. The van der Waals surface area contributed by atoms with Crippen molar-refractivity contribution in [1.29, 1.82) is 0 Å². The molecule has 2 rings (SSSR count). The van der Waals surface area contributed by atoms with Gasteiger partial charge in [0.1, 0.15) is 16.5 Å². The van der Waals surface area contributed by atoms with Crippen LogP contribution in [0, 0.1) is 0 Å². The van der Waals surface area contributed by atoms with Crippen LogP contribution < -0.4 is 10.1 Å². The summed E-state index contributed by atoms with van der Waals surface area (Å²) < 4.78 is 5.06. The summed E-state index contributed by atoms with van der Waals surface area (Å²) in [7, 11) is 1.57. The first-order chi connectivity index (χ1) is 9.45. The van der Waals surface area contributed by atoms with Gasteiger partial charge in [-0.2, -0.15) is 0 Å². The number of carbonyl (C=O) groups excluding carboxylic acids is 2. The van der Waals surface area contributed by atoms with Crippen molar-refractivity contribution < 1.29 is 14.3 Å². The SMILES string of the molecule is COc1ccc(NC2=C(Cl)C(=O)C(C)=C(C)C2=O)cc1. The summed E-state index contributed by atoms with van der Waals surface area (Å²) in [5, 5.41) is 2.83. The van der Waals surface area contributed by atoms with E-state index in [2.05, 4.69) is 5.32 Å². The normalized spacial score (nSPS) is 15.8. The Morgan fingerprint density at radius 1 is 1.00 bits per heavy atom. The Balaban J connectivity index is 2.32. The standard InChI is InChI=1S/C15H14ClNO3/c1-8-9(2)15(19)13(12(16)14(8)18)17-10-4-6-11(20-3)7-5-10/h4-7,17H,1-3H3. The zero-order valence-corrected chi connectivity index (χ0v) is 12.2. The third-order valence-electron chi connectivity index (χ3n) is 3.25. The van der Waals surface area contributed by atoms with Gasteiger partial charge in [0.25, 0.3) is 0 Å². The molecule has 0 aliphatic heterocycles. The Morgan fingerprint density at radius 2 is 1.55 bits per heavy atom. The van der Waals surface area contributed by atoms with Crippen molar-refractivity contribution in [3.8, 4) is 5.75 Å². The maximum absolute atomic E-state index is 12.2. The molecular formula is C15H14ClNO3. The number of hydrogen-bond donors (Lipinski definition) is 1. The molecule has 1 aliphatic carbocycles. The van der Waals surface area contributed by atoms with Crippen LogP contribution in [0.1, 0.15) is 13.8 Å². The number of hydrogen-bond acceptors (Lipinski definition) is 4. The highest BCUT2D eigenvalue weighted by molar-refractivity contribution is 6.49. The molecule has 4 nitrogen and oxygen atoms in total. The van der Waals surface area contributed by atoms with Crippen LogP contribution in [0.25, 0.3) is 0 Å². The predicted molar refractivity (Wildman–Crippen MR) is 77.9 cm³/mol. The van der Waals surface area contributed by atoms with Crippen LogP contribution >= 0.6 is 11.6 Å². The van der Waals surface area contributed by atoms with Crippen molar-refractivity contribution in [2.75, 3.05) is 12.4 Å². The van der Waals surface area contributed by atoms with Gasteiger partial charge in [-0.05, 0) is 38.1 Å². The van der Waals surface area contributed by atoms with Crippen LogP contribution in [0.4, 0.5) is 5.69 Å². The number of carbonyl (C=O) groups is 2. The molecule has 0 aromatic heterocycles. The number of halogens is 1. The van der Waals surface area contributed by atoms with Crippen LogP contribution in [0.15, 0.2) is 46.1 Å². The van der Waals surface area contributed by atoms with Gasteiger partial charge in [-0.3, -0.25) is 9.59 Å². The third kappa shape index (κ3) is 2.47. The van der Waals surface area contributed by atoms with Crippen molar-refractivity contribution in [2.45, 2.75) is 13.8 Å². The summed E-state index contributed by atoms with van der Waals surface area (Å²) in [6.07, 6.45) is 0. The third-order valence-corrected chi connectivity index (χ3v) is 3.61. The first-order valence-electron chi connectivity index (χ1n) is 6.03. The zero-order chi connectivity index (χ0) is 14.9. The first-order valence-corrected chi connectivity index (χ1v) is 6.41. The number of allylic oxidation sites excluding steroid dienone is 3. The van der Waals surface area contributed by atoms with E-state index in [1.165, 1.54) is 0 Å². The number of benzene rings is 1. The Bertz CT molecular complexity index is 642. The minimum atomic E-state index is -0.320. The van der Waals surface area contributed by atoms with Gasteiger partial charge in [0, 0.05) is 16.8 Å². The molecule has 104 valence electrons. The molecule has 1 aliphatic rings. The van der Waals surface area contributed by atoms with Crippen molar-refractivity contribution >= 4 is 28.9 Å². The molecule has 0 saturated heterocycles. The lowest BCUT2D eigenvalue weighted by Crippen LogP contribution is -2.24. The molecule has 1 aromatic carbocycles. The molecule has 20 heavy (non-hydrogen) atoms. The average molecular weight is 292 g/mol. The van der Waals surface area contributed by atoms with E-state index in [0.717, 1.165) is 0 Å². The van der Waals surface area contributed by atoms with Gasteiger partial charge < -0.3 is 10.1 Å². The van der Waals surface area contributed by atoms with Gasteiger partial charge in [-0.1, -0.05) is 11.6 Å². The maximum atomic E-state index is 12.2. The number of ether oxygens (including phenoxy) is 1. The minimum absolute atomic E-state index is 0.0751. The van der Waals surface area contributed by atoms with E-state index in [9.17, 15) is 9.59 Å². The molecule has 0 saturated carbocycles. The molecule has 1 aromatic rings. The van der Waals surface area contributed by atoms with E-state index in [1.807, 2.05) is 0 Å². The van der Waals surface area contributed by atoms with E-state index >= 15 is 0 Å². The summed E-state index contributed by atoms with van der Waals surface area (Å²) in [5.41, 5.74) is 1.58. The second-order valence-corrected chi connectivity index (χ2v) is 4.83. The van der Waals surface area contributed by atoms with E-state index in [0.29, 0.717) is 22.6 Å². The molecule has 1 N–H and O–H groups in total. The van der Waals surface area contributed by atoms with Crippen molar-refractivity contribution in [3.63, 3.8) is 0 Å². The molecule has 0 radical (unpaired) electrons. The van der Waals surface area contributed by atoms with E-state index < -0.39 is 0 Å². The molecular weight excluding hydrogens is 278 g/mol. The highest BCUT2D eigenvalue weighted by Gasteiger charge is 2.29. The second-order valence-electron chi connectivity index (χ2n) is 4.45. The first kappa shape index (κ1) is 14.3. The summed E-state index contributed by atoms with van der Waals surface area (Å²) in [6, 6.07) is 6.99. The lowest BCUT2D eigenvalue weighted by molar-refractivity contribution is -0.116. The van der Waals surface area contributed by atoms with Gasteiger partial charge in [0.15, 0.2) is 0 Å². The molecule has 0 heterocycles. The van der Waals surface area contributed by atoms with Crippen molar-refractivity contribution in [2.24, 2.45) is 0 Å². The summed E-state index contributed by atoms with van der Waals surface area (Å²) in [6.45, 7) is 3.22. The Morgan fingerprint density at radius 3 is 2.10 bits per heavy atom. The molecule has 0 fully saturated rings. The van der Waals surface area contributed by atoms with E-state index in [4.69, 9.17) is 16.3 Å². The largest absolute Gasteiger partial charge is 0.497 e. The number of Topliss-reactive ketones (excluding diaryl/α,β-unsaturated/α-hetero) is 2. The molecule has 0 bridgehead atoms. The van der Waals surface area contributed by atoms with Gasteiger partial charge in [0.05, 0.1) is 7.11 Å². The summed E-state index contributed by atoms with van der Waals surface area (Å²) in [4.78, 5) is 24.1. The van der Waals surface area contributed by atoms with Gasteiger partial charge in [-0.25, -0.2) is 0 Å². The van der Waals surface area contributed by atoms with Gasteiger partial charge >= 0.3 is 0 Å². The zero-order valence-electron chi connectivity index (χ0n) is 11.4. The Hall–Kier alpha value is -2.07. The average Bonchev–Trinajstić information content (AvgIpc) is 2.48. The predicted octanol–water partition coefficient (Wildman–Crippen LogP) is 3.05. The van der Waals surface area contributed by atoms with Crippen LogP contribution in [-0.2, 0) is 9.59 Å². The molecule has 0 unspecified atom stereocenters. The smallest absolute Gasteiger partial charge is 0.206 e. The highest BCUT2D eigenvalue weighted by Crippen LogP contribution is 2.28. The Labute approximate surface area is 122 Å². The van der Waals surface area contributed by atoms with Crippen LogP contribution in [0.3, 0.4) is 0 Å². The fourth-order valence-corrected chi connectivity index (χ4v) is 2.11. The molecule has 0 atom stereocenters. The molecule has 5 heteroatoms. The lowest BCUT2D eigenvalue weighted by Gasteiger charge is -2.18. The number of methoxy groups -OCH3 is 1. The fourth-order valence-electron chi connectivity index (χ4n) is 1.84. The number of rotatable bonds is 3. The Kier molecular flexibility index (Phi) is 3.95. The van der Waals surface area contributed by atoms with E-state index in [1.54, 1.807) is 45.2 Å². The van der Waals surface area contributed by atoms with E-state index in [-0.39, 0.29) is 22.3 Å². The number of nitrogens with one attached hydrogen (secondary N) is 1. The van der Waals surface area contributed by atoms with Gasteiger partial charge in [-0.15, -0.1) is 0 Å². The number of anilines is 1. The summed E-state index contributed by atoms with van der Waals surface area (Å²) in [5.74, 6) is 0.122. The van der Waals surface area contributed by atoms with Gasteiger partial charge in [0.2, 0.25) is 11.6 Å². The second kappa shape index (κ2) is 5.51. The van der Waals surface area contributed by atoms with Crippen LogP contribution in [0.5, 0.6) is 5.75 Å². The highest BCUT2D eigenvalue weighted by atomic mass is 35.5. The minimum Gasteiger partial charge on any atom is -0.497 e. The monoisotopic (exact) mass is 291 g/mol. The quantitative estimate of drug-likeness (QED) is 0.870. The topological polar surface area (TPSA) is 55.4 Å². The molecule has 0 amide bonds. The van der Waals surface area contributed by atoms with Crippen molar-refractivity contribution in [1.82, 2.24) is 0 Å². The van der Waals surface area contributed by atoms with Crippen LogP contribution in [0.2, 0.25) is 0 Å². The van der Waals surface area contributed by atoms with Crippen molar-refractivity contribution in [3.05, 3.63) is 46.1 Å². The maximum Gasteiger partial charge on any atom is 0.206 e. The van der Waals surface area contributed by atoms with Crippen LogP contribution in [-0.4, -0.2) is 18.7 Å². The number of ketones is 2.